The average molecular weight is 276 g/mol. The van der Waals surface area contributed by atoms with Crippen LogP contribution in [0.25, 0.3) is 0 Å². The van der Waals surface area contributed by atoms with Crippen molar-refractivity contribution >= 4 is 25.7 Å². The molecule has 0 unspecified atom stereocenters. The van der Waals surface area contributed by atoms with Crippen LogP contribution in [0.2, 0.25) is 0 Å². The van der Waals surface area contributed by atoms with Gasteiger partial charge in [0.15, 0.2) is 0 Å². The van der Waals surface area contributed by atoms with Crippen LogP contribution in [0, 0.1) is 0 Å². The number of fused-ring (bicyclic) bond motifs is 1. The van der Waals surface area contributed by atoms with Gasteiger partial charge >= 0.3 is 0 Å². The fourth-order valence-electron chi connectivity index (χ4n) is 1.87. The first-order valence-electron chi connectivity index (χ1n) is 4.83. The normalized spacial score (nSPS) is 16.0. The highest BCUT2D eigenvalue weighted by Crippen LogP contribution is 2.31. The molecule has 1 aliphatic heterocycles. The topological polar surface area (TPSA) is 97.5 Å². The van der Waals surface area contributed by atoms with E-state index in [4.69, 9.17) is 5.14 Å². The molecule has 6 nitrogen and oxygen atoms in total. The summed E-state index contributed by atoms with van der Waals surface area (Å²) < 4.78 is 46.5. The third kappa shape index (κ3) is 2.28. The molecule has 0 aromatic heterocycles. The number of benzene rings is 1. The maximum absolute atomic E-state index is 11.5. The molecule has 0 aliphatic carbocycles. The van der Waals surface area contributed by atoms with Crippen LogP contribution in [-0.2, 0) is 26.5 Å². The second-order valence-corrected chi connectivity index (χ2v) is 7.39. The fourth-order valence-corrected chi connectivity index (χ4v) is 3.39. The van der Waals surface area contributed by atoms with E-state index in [1.807, 2.05) is 0 Å². The number of nitrogens with zero attached hydrogens (tertiary/aromatic N) is 1. The summed E-state index contributed by atoms with van der Waals surface area (Å²) in [6, 6.07) is 4.22. The molecule has 0 spiro atoms. The quantitative estimate of drug-likeness (QED) is 0.798. The van der Waals surface area contributed by atoms with Gasteiger partial charge in [0.2, 0.25) is 20.0 Å². The molecule has 1 aliphatic rings. The maximum Gasteiger partial charge on any atom is 0.238 e. The molecule has 0 bridgehead atoms. The van der Waals surface area contributed by atoms with E-state index < -0.39 is 20.0 Å². The first-order chi connectivity index (χ1) is 7.69. The molecule has 1 aromatic carbocycles. The van der Waals surface area contributed by atoms with Crippen molar-refractivity contribution in [3.8, 4) is 0 Å². The van der Waals surface area contributed by atoms with Gasteiger partial charge in [-0.2, -0.15) is 0 Å². The van der Waals surface area contributed by atoms with Gasteiger partial charge in [-0.3, -0.25) is 4.31 Å². The summed E-state index contributed by atoms with van der Waals surface area (Å²) in [6.45, 7) is 0.336. The molecule has 1 aromatic rings. The van der Waals surface area contributed by atoms with Gasteiger partial charge in [-0.1, -0.05) is 0 Å². The smallest absolute Gasteiger partial charge is 0.238 e. The Morgan fingerprint density at radius 2 is 1.88 bits per heavy atom. The predicted molar refractivity (Wildman–Crippen MR) is 63.7 cm³/mol. The number of primary sulfonamides is 1. The van der Waals surface area contributed by atoms with Crippen molar-refractivity contribution in [2.45, 2.75) is 11.3 Å². The molecule has 94 valence electrons. The lowest BCUT2D eigenvalue weighted by atomic mass is 10.2. The minimum atomic E-state index is -3.75. The Kier molecular flexibility index (Phi) is 2.68. The molecule has 0 radical (unpaired) electrons. The lowest BCUT2D eigenvalue weighted by Gasteiger charge is -2.16. The van der Waals surface area contributed by atoms with Crippen molar-refractivity contribution in [2.24, 2.45) is 5.14 Å². The third-order valence-electron chi connectivity index (χ3n) is 2.63. The molecule has 17 heavy (non-hydrogen) atoms. The minimum Gasteiger partial charge on any atom is -0.270 e. The maximum atomic E-state index is 11.5. The Labute approximate surface area is 100 Å². The summed E-state index contributed by atoms with van der Waals surface area (Å²) in [5.74, 6) is 0. The summed E-state index contributed by atoms with van der Waals surface area (Å²) in [7, 11) is -7.06. The Bertz CT molecular complexity index is 664. The van der Waals surface area contributed by atoms with E-state index in [1.165, 1.54) is 22.5 Å². The summed E-state index contributed by atoms with van der Waals surface area (Å²) in [5.41, 5.74) is 1.21. The Morgan fingerprint density at radius 1 is 1.24 bits per heavy atom. The molecular weight excluding hydrogens is 264 g/mol. The SMILES string of the molecule is CS(=O)(=O)N1CCc2cc(S(N)(=O)=O)ccc21. The van der Waals surface area contributed by atoms with Crippen LogP contribution in [-0.4, -0.2) is 29.6 Å². The van der Waals surface area contributed by atoms with E-state index in [2.05, 4.69) is 0 Å². The van der Waals surface area contributed by atoms with E-state index in [0.717, 1.165) is 6.26 Å². The number of hydrogen-bond acceptors (Lipinski definition) is 4. The van der Waals surface area contributed by atoms with Crippen LogP contribution in [0.4, 0.5) is 5.69 Å². The van der Waals surface area contributed by atoms with Gasteiger partial charge in [0.05, 0.1) is 16.8 Å². The van der Waals surface area contributed by atoms with E-state index in [9.17, 15) is 16.8 Å². The zero-order valence-corrected chi connectivity index (χ0v) is 10.8. The van der Waals surface area contributed by atoms with Gasteiger partial charge in [0, 0.05) is 6.54 Å². The summed E-state index contributed by atoms with van der Waals surface area (Å²) in [4.78, 5) is 0.00611. The molecule has 2 rings (SSSR count). The summed E-state index contributed by atoms with van der Waals surface area (Å²) in [6.07, 6.45) is 1.61. The predicted octanol–water partition coefficient (Wildman–Crippen LogP) is -0.344. The van der Waals surface area contributed by atoms with E-state index in [0.29, 0.717) is 24.2 Å². The van der Waals surface area contributed by atoms with Crippen LogP contribution in [0.3, 0.4) is 0 Å². The Hall–Kier alpha value is -1.12. The Morgan fingerprint density at radius 3 is 2.41 bits per heavy atom. The van der Waals surface area contributed by atoms with Gasteiger partial charge < -0.3 is 0 Å². The second kappa shape index (κ2) is 3.69. The monoisotopic (exact) mass is 276 g/mol. The lowest BCUT2D eigenvalue weighted by Crippen LogP contribution is -2.27. The zero-order chi connectivity index (χ0) is 12.8. The molecule has 1 heterocycles. The highest BCUT2D eigenvalue weighted by molar-refractivity contribution is 7.92. The highest BCUT2D eigenvalue weighted by Gasteiger charge is 2.27. The van der Waals surface area contributed by atoms with Crippen LogP contribution in [0.1, 0.15) is 5.56 Å². The van der Waals surface area contributed by atoms with E-state index >= 15 is 0 Å². The van der Waals surface area contributed by atoms with Crippen LogP contribution >= 0.6 is 0 Å². The fraction of sp³-hybridized carbons (Fsp3) is 0.333. The van der Waals surface area contributed by atoms with E-state index in [-0.39, 0.29) is 4.90 Å². The van der Waals surface area contributed by atoms with Crippen molar-refractivity contribution in [3.05, 3.63) is 23.8 Å². The van der Waals surface area contributed by atoms with Crippen LogP contribution in [0.15, 0.2) is 23.1 Å². The molecule has 0 amide bonds. The number of rotatable bonds is 2. The number of hydrogen-bond donors (Lipinski definition) is 1. The van der Waals surface area contributed by atoms with Crippen molar-refractivity contribution < 1.29 is 16.8 Å². The molecule has 0 saturated heterocycles. The first-order valence-corrected chi connectivity index (χ1v) is 8.22. The van der Waals surface area contributed by atoms with Gasteiger partial charge in [0.25, 0.3) is 0 Å². The van der Waals surface area contributed by atoms with Gasteiger partial charge in [-0.15, -0.1) is 0 Å². The molecule has 0 saturated carbocycles. The second-order valence-electron chi connectivity index (χ2n) is 3.92. The van der Waals surface area contributed by atoms with Crippen LogP contribution < -0.4 is 9.44 Å². The van der Waals surface area contributed by atoms with Crippen LogP contribution in [0.5, 0.6) is 0 Å². The lowest BCUT2D eigenvalue weighted by molar-refractivity contribution is 0.596. The standard InChI is InChI=1S/C9H12N2O4S2/c1-16(12,13)11-5-4-7-6-8(17(10,14)15)2-3-9(7)11/h2-3,6H,4-5H2,1H3,(H2,10,14,15). The summed E-state index contributed by atoms with van der Waals surface area (Å²) >= 11 is 0. The largest absolute Gasteiger partial charge is 0.270 e. The highest BCUT2D eigenvalue weighted by atomic mass is 32.2. The minimum absolute atomic E-state index is 0.00611. The third-order valence-corrected chi connectivity index (χ3v) is 4.72. The molecular formula is C9H12N2O4S2. The molecule has 0 atom stereocenters. The summed E-state index contributed by atoms with van der Waals surface area (Å²) in [5, 5.41) is 5.01. The molecule has 2 N–H and O–H groups in total. The first kappa shape index (κ1) is 12.3. The molecule has 8 heteroatoms. The van der Waals surface area contributed by atoms with Gasteiger partial charge in [0.1, 0.15) is 0 Å². The zero-order valence-electron chi connectivity index (χ0n) is 9.12. The van der Waals surface area contributed by atoms with Gasteiger partial charge in [-0.25, -0.2) is 22.0 Å². The molecule has 0 fully saturated rings. The average Bonchev–Trinajstić information content (AvgIpc) is 2.57. The van der Waals surface area contributed by atoms with E-state index in [1.54, 1.807) is 0 Å². The van der Waals surface area contributed by atoms with Crippen molar-refractivity contribution in [2.75, 3.05) is 17.1 Å². The number of sulfonamides is 2. The van der Waals surface area contributed by atoms with Gasteiger partial charge in [-0.05, 0) is 30.2 Å². The Balaban J connectivity index is 2.53. The van der Waals surface area contributed by atoms with Crippen molar-refractivity contribution in [1.29, 1.82) is 0 Å². The van der Waals surface area contributed by atoms with Crippen molar-refractivity contribution in [3.63, 3.8) is 0 Å². The number of anilines is 1. The number of nitrogens with two attached hydrogens (primary N) is 1. The van der Waals surface area contributed by atoms with Crippen molar-refractivity contribution in [1.82, 2.24) is 0 Å².